The third-order valence-corrected chi connectivity index (χ3v) is 3.85. The van der Waals surface area contributed by atoms with Crippen LogP contribution >= 0.6 is 0 Å². The second-order valence-electron chi connectivity index (χ2n) is 5.46. The Morgan fingerprint density at radius 2 is 1.91 bits per heavy atom. The molecule has 1 aromatic rings. The Labute approximate surface area is 135 Å². The highest BCUT2D eigenvalue weighted by Crippen LogP contribution is 2.17. The molecule has 6 heteroatoms. The van der Waals surface area contributed by atoms with Crippen molar-refractivity contribution in [3.8, 4) is 5.75 Å². The maximum absolute atomic E-state index is 12.1. The second-order valence-corrected chi connectivity index (χ2v) is 5.46. The number of nitrogens with zero attached hydrogens (tertiary/aromatic N) is 1. The summed E-state index contributed by atoms with van der Waals surface area (Å²) in [5, 5.41) is 0. The minimum atomic E-state index is -0.275. The Bertz CT molecular complexity index is 560. The summed E-state index contributed by atoms with van der Waals surface area (Å²) in [5.74, 6) is 0.280. The van der Waals surface area contributed by atoms with Crippen LogP contribution in [0.25, 0.3) is 6.08 Å². The van der Waals surface area contributed by atoms with Crippen LogP contribution < -0.4 is 10.5 Å². The van der Waals surface area contributed by atoms with Crippen LogP contribution in [0.3, 0.4) is 0 Å². The number of nitrogens with two attached hydrogens (primary N) is 1. The third-order valence-electron chi connectivity index (χ3n) is 3.85. The SMILES string of the molecule is COCOc1ccc(/C=C/C(=O)N2CCC(C(N)=O)CC2)cc1. The number of carbonyl (C=O) groups is 2. The van der Waals surface area contributed by atoms with Gasteiger partial charge in [-0.25, -0.2) is 0 Å². The van der Waals surface area contributed by atoms with Crippen molar-refractivity contribution in [2.45, 2.75) is 12.8 Å². The van der Waals surface area contributed by atoms with E-state index in [1.807, 2.05) is 24.3 Å². The fraction of sp³-hybridized carbons (Fsp3) is 0.412. The van der Waals surface area contributed by atoms with E-state index in [0.29, 0.717) is 31.7 Å². The van der Waals surface area contributed by atoms with Crippen molar-refractivity contribution in [2.75, 3.05) is 27.0 Å². The average molecular weight is 318 g/mol. The molecule has 23 heavy (non-hydrogen) atoms. The predicted molar refractivity (Wildman–Crippen MR) is 86.5 cm³/mol. The first-order valence-electron chi connectivity index (χ1n) is 7.58. The number of ether oxygens (including phenoxy) is 2. The van der Waals surface area contributed by atoms with Crippen LogP contribution in [0.1, 0.15) is 18.4 Å². The van der Waals surface area contributed by atoms with Gasteiger partial charge in [0, 0.05) is 32.2 Å². The van der Waals surface area contributed by atoms with Crippen molar-refractivity contribution >= 4 is 17.9 Å². The minimum Gasteiger partial charge on any atom is -0.468 e. The van der Waals surface area contributed by atoms with Gasteiger partial charge in [-0.1, -0.05) is 12.1 Å². The third kappa shape index (κ3) is 5.10. The Morgan fingerprint density at radius 3 is 2.48 bits per heavy atom. The quantitative estimate of drug-likeness (QED) is 0.635. The highest BCUT2D eigenvalue weighted by molar-refractivity contribution is 5.92. The van der Waals surface area contributed by atoms with Crippen LogP contribution in [-0.4, -0.2) is 43.7 Å². The maximum atomic E-state index is 12.1. The molecule has 1 aliphatic rings. The van der Waals surface area contributed by atoms with Gasteiger partial charge in [-0.2, -0.15) is 0 Å². The van der Waals surface area contributed by atoms with Gasteiger partial charge in [0.2, 0.25) is 11.8 Å². The van der Waals surface area contributed by atoms with Crippen molar-refractivity contribution in [3.63, 3.8) is 0 Å². The van der Waals surface area contributed by atoms with Crippen LogP contribution in [0.2, 0.25) is 0 Å². The zero-order chi connectivity index (χ0) is 16.7. The molecule has 1 heterocycles. The minimum absolute atomic E-state index is 0.0485. The number of hydrogen-bond donors (Lipinski definition) is 1. The lowest BCUT2D eigenvalue weighted by Crippen LogP contribution is -2.41. The van der Waals surface area contributed by atoms with E-state index >= 15 is 0 Å². The molecule has 124 valence electrons. The first kappa shape index (κ1) is 17.0. The van der Waals surface area contributed by atoms with Crippen LogP contribution in [0.4, 0.5) is 0 Å². The standard InChI is InChI=1S/C17H22N2O4/c1-22-12-23-15-5-2-13(3-6-15)4-7-16(20)19-10-8-14(9-11-19)17(18)21/h2-7,14H,8-12H2,1H3,(H2,18,21)/b7-4+. The van der Waals surface area contributed by atoms with Crippen LogP contribution in [0.5, 0.6) is 5.75 Å². The zero-order valence-corrected chi connectivity index (χ0v) is 13.2. The Kier molecular flexibility index (Phi) is 6.17. The van der Waals surface area contributed by atoms with Gasteiger partial charge in [-0.05, 0) is 36.6 Å². The molecule has 2 rings (SSSR count). The molecule has 0 bridgehead atoms. The Hall–Kier alpha value is -2.34. The van der Waals surface area contributed by atoms with E-state index in [1.54, 1.807) is 24.2 Å². The fourth-order valence-corrected chi connectivity index (χ4v) is 2.46. The second kappa shape index (κ2) is 8.33. The van der Waals surface area contributed by atoms with Gasteiger partial charge >= 0.3 is 0 Å². The highest BCUT2D eigenvalue weighted by atomic mass is 16.7. The molecule has 6 nitrogen and oxygen atoms in total. The normalized spacial score (nSPS) is 15.8. The number of amides is 2. The molecule has 1 aromatic carbocycles. The summed E-state index contributed by atoms with van der Waals surface area (Å²) in [4.78, 5) is 25.0. The molecule has 1 fully saturated rings. The Morgan fingerprint density at radius 1 is 1.26 bits per heavy atom. The molecule has 0 saturated carbocycles. The van der Waals surface area contributed by atoms with Gasteiger partial charge in [-0.3, -0.25) is 9.59 Å². The van der Waals surface area contributed by atoms with Crippen LogP contribution in [0, 0.1) is 5.92 Å². The summed E-state index contributed by atoms with van der Waals surface area (Å²) >= 11 is 0. The molecular weight excluding hydrogens is 296 g/mol. The number of carbonyl (C=O) groups excluding carboxylic acids is 2. The van der Waals surface area contributed by atoms with Crippen molar-refractivity contribution in [1.82, 2.24) is 4.90 Å². The molecule has 0 aromatic heterocycles. The monoisotopic (exact) mass is 318 g/mol. The smallest absolute Gasteiger partial charge is 0.246 e. The number of rotatable bonds is 6. The molecule has 2 amide bonds. The summed E-state index contributed by atoms with van der Waals surface area (Å²) in [5.41, 5.74) is 6.20. The lowest BCUT2D eigenvalue weighted by Gasteiger charge is -2.29. The van der Waals surface area contributed by atoms with Gasteiger partial charge in [0.25, 0.3) is 0 Å². The summed E-state index contributed by atoms with van der Waals surface area (Å²) in [6, 6.07) is 7.38. The maximum Gasteiger partial charge on any atom is 0.246 e. The fourth-order valence-electron chi connectivity index (χ4n) is 2.46. The van der Waals surface area contributed by atoms with Crippen molar-refractivity contribution in [1.29, 1.82) is 0 Å². The van der Waals surface area contributed by atoms with E-state index in [4.69, 9.17) is 15.2 Å². The molecular formula is C17H22N2O4. The van der Waals surface area contributed by atoms with E-state index in [0.717, 1.165) is 5.56 Å². The van der Waals surface area contributed by atoms with Gasteiger partial charge in [0.15, 0.2) is 6.79 Å². The molecule has 0 unspecified atom stereocenters. The number of piperidine rings is 1. The van der Waals surface area contributed by atoms with E-state index < -0.39 is 0 Å². The topological polar surface area (TPSA) is 81.9 Å². The van der Waals surface area contributed by atoms with Gasteiger partial charge in [0.05, 0.1) is 0 Å². The van der Waals surface area contributed by atoms with Gasteiger partial charge in [-0.15, -0.1) is 0 Å². The molecule has 1 saturated heterocycles. The summed E-state index contributed by atoms with van der Waals surface area (Å²) in [6.07, 6.45) is 4.60. The lowest BCUT2D eigenvalue weighted by molar-refractivity contribution is -0.130. The van der Waals surface area contributed by atoms with E-state index in [9.17, 15) is 9.59 Å². The predicted octanol–water partition coefficient (Wildman–Crippen LogP) is 1.41. The van der Waals surface area contributed by atoms with Gasteiger partial charge < -0.3 is 20.1 Å². The van der Waals surface area contributed by atoms with E-state index in [2.05, 4.69) is 0 Å². The van der Waals surface area contributed by atoms with Crippen molar-refractivity contribution < 1.29 is 19.1 Å². The molecule has 0 atom stereocenters. The van der Waals surface area contributed by atoms with Crippen molar-refractivity contribution in [2.24, 2.45) is 11.7 Å². The molecule has 0 aliphatic carbocycles. The molecule has 1 aliphatic heterocycles. The number of benzene rings is 1. The van der Waals surface area contributed by atoms with Crippen molar-refractivity contribution in [3.05, 3.63) is 35.9 Å². The summed E-state index contributed by atoms with van der Waals surface area (Å²) in [7, 11) is 1.56. The van der Waals surface area contributed by atoms with E-state index in [-0.39, 0.29) is 24.5 Å². The number of primary amides is 1. The largest absolute Gasteiger partial charge is 0.468 e. The number of likely N-dealkylation sites (tertiary alicyclic amines) is 1. The number of methoxy groups -OCH3 is 1. The first-order chi connectivity index (χ1) is 11.1. The van der Waals surface area contributed by atoms with Crippen LogP contribution in [-0.2, 0) is 14.3 Å². The lowest BCUT2D eigenvalue weighted by atomic mass is 9.96. The average Bonchev–Trinajstić information content (AvgIpc) is 2.58. The van der Waals surface area contributed by atoms with Gasteiger partial charge in [0.1, 0.15) is 5.75 Å². The Balaban J connectivity index is 1.85. The molecule has 0 spiro atoms. The summed E-state index contributed by atoms with van der Waals surface area (Å²) < 4.78 is 10.1. The molecule has 0 radical (unpaired) electrons. The molecule has 2 N–H and O–H groups in total. The first-order valence-corrected chi connectivity index (χ1v) is 7.58. The van der Waals surface area contributed by atoms with E-state index in [1.165, 1.54) is 0 Å². The number of hydrogen-bond acceptors (Lipinski definition) is 4. The summed E-state index contributed by atoms with van der Waals surface area (Å²) in [6.45, 7) is 1.34. The van der Waals surface area contributed by atoms with Crippen LogP contribution in [0.15, 0.2) is 30.3 Å². The zero-order valence-electron chi connectivity index (χ0n) is 13.2. The highest BCUT2D eigenvalue weighted by Gasteiger charge is 2.24.